The Morgan fingerprint density at radius 2 is 1.83 bits per heavy atom. The molecule has 1 saturated heterocycles. The second-order valence-electron chi connectivity index (χ2n) is 4.52. The second-order valence-corrected chi connectivity index (χ2v) is 4.52. The largest absolute Gasteiger partial charge is 0.496 e. The highest BCUT2D eigenvalue weighted by atomic mass is 16.5. The minimum atomic E-state index is 0.884. The van der Waals surface area contributed by atoms with Gasteiger partial charge in [0, 0.05) is 19.6 Å². The fourth-order valence-corrected chi connectivity index (χ4v) is 2.37. The number of nitrogens with one attached hydrogen (secondary N) is 1. The van der Waals surface area contributed by atoms with E-state index < -0.39 is 0 Å². The summed E-state index contributed by atoms with van der Waals surface area (Å²) < 4.78 is 10.9. The molecule has 1 N–H and O–H groups in total. The zero-order valence-corrected chi connectivity index (χ0v) is 11.2. The van der Waals surface area contributed by atoms with Gasteiger partial charge in [-0.05, 0) is 31.6 Å². The van der Waals surface area contributed by atoms with Gasteiger partial charge < -0.3 is 14.8 Å². The highest BCUT2D eigenvalue weighted by molar-refractivity contribution is 5.44. The van der Waals surface area contributed by atoms with Crippen molar-refractivity contribution in [3.8, 4) is 11.5 Å². The van der Waals surface area contributed by atoms with Crippen LogP contribution in [0, 0.1) is 0 Å². The third-order valence-electron chi connectivity index (χ3n) is 3.34. The van der Waals surface area contributed by atoms with Crippen molar-refractivity contribution in [1.29, 1.82) is 0 Å². The van der Waals surface area contributed by atoms with E-state index in [1.165, 1.54) is 6.42 Å². The van der Waals surface area contributed by atoms with Crippen LogP contribution in [-0.2, 0) is 6.54 Å². The van der Waals surface area contributed by atoms with Crippen molar-refractivity contribution in [2.75, 3.05) is 40.4 Å². The van der Waals surface area contributed by atoms with Gasteiger partial charge in [-0.2, -0.15) is 0 Å². The summed E-state index contributed by atoms with van der Waals surface area (Å²) in [5, 5.41) is 3.42. The van der Waals surface area contributed by atoms with Gasteiger partial charge in [-0.3, -0.25) is 4.90 Å². The third kappa shape index (κ3) is 3.15. The van der Waals surface area contributed by atoms with Crippen molar-refractivity contribution >= 4 is 0 Å². The van der Waals surface area contributed by atoms with E-state index in [9.17, 15) is 0 Å². The van der Waals surface area contributed by atoms with Crippen LogP contribution in [0.5, 0.6) is 11.5 Å². The Morgan fingerprint density at radius 3 is 2.50 bits per heavy atom. The van der Waals surface area contributed by atoms with E-state index in [1.54, 1.807) is 14.2 Å². The van der Waals surface area contributed by atoms with Crippen molar-refractivity contribution in [2.45, 2.75) is 13.0 Å². The van der Waals surface area contributed by atoms with E-state index in [4.69, 9.17) is 9.47 Å². The quantitative estimate of drug-likeness (QED) is 0.878. The van der Waals surface area contributed by atoms with Crippen molar-refractivity contribution in [2.24, 2.45) is 0 Å². The third-order valence-corrected chi connectivity index (χ3v) is 3.34. The number of benzene rings is 1. The van der Waals surface area contributed by atoms with Gasteiger partial charge in [-0.25, -0.2) is 0 Å². The summed E-state index contributed by atoms with van der Waals surface area (Å²) in [6.45, 7) is 5.24. The Bertz CT molecular complexity index is 352. The molecular formula is C14H22N2O2. The summed E-state index contributed by atoms with van der Waals surface area (Å²) in [6.07, 6.45) is 1.19. The molecule has 0 aromatic heterocycles. The van der Waals surface area contributed by atoms with Crippen molar-refractivity contribution in [3.05, 3.63) is 23.8 Å². The van der Waals surface area contributed by atoms with Gasteiger partial charge in [-0.15, -0.1) is 0 Å². The van der Waals surface area contributed by atoms with E-state index in [2.05, 4.69) is 10.2 Å². The molecule has 4 heteroatoms. The lowest BCUT2D eigenvalue weighted by molar-refractivity contribution is 0.272. The first kappa shape index (κ1) is 13.2. The maximum Gasteiger partial charge on any atom is 0.127 e. The Hall–Kier alpha value is -1.26. The summed E-state index contributed by atoms with van der Waals surface area (Å²) in [7, 11) is 3.42. The molecule has 0 spiro atoms. The second kappa shape index (κ2) is 6.61. The first-order valence-electron chi connectivity index (χ1n) is 6.48. The number of rotatable bonds is 4. The molecule has 1 aliphatic rings. The summed E-state index contributed by atoms with van der Waals surface area (Å²) >= 11 is 0. The predicted molar refractivity (Wildman–Crippen MR) is 72.3 cm³/mol. The Balaban J connectivity index is 2.15. The van der Waals surface area contributed by atoms with Crippen LogP contribution in [0.3, 0.4) is 0 Å². The number of methoxy groups -OCH3 is 2. The minimum Gasteiger partial charge on any atom is -0.496 e. The molecule has 0 radical (unpaired) electrons. The SMILES string of the molecule is COc1cccc(OC)c1CN1CCCNCC1. The molecule has 0 unspecified atom stereocenters. The van der Waals surface area contributed by atoms with Crippen LogP contribution in [0.1, 0.15) is 12.0 Å². The first-order valence-corrected chi connectivity index (χ1v) is 6.48. The molecule has 18 heavy (non-hydrogen) atoms. The standard InChI is InChI=1S/C14H22N2O2/c1-17-13-5-3-6-14(18-2)12(13)11-16-9-4-7-15-8-10-16/h3,5-6,15H,4,7-11H2,1-2H3. The van der Waals surface area contributed by atoms with Gasteiger partial charge >= 0.3 is 0 Å². The molecule has 2 rings (SSSR count). The number of hydrogen-bond acceptors (Lipinski definition) is 4. The van der Waals surface area contributed by atoms with Crippen LogP contribution in [0.2, 0.25) is 0 Å². The van der Waals surface area contributed by atoms with E-state index in [1.807, 2.05) is 18.2 Å². The monoisotopic (exact) mass is 250 g/mol. The van der Waals surface area contributed by atoms with Crippen LogP contribution in [0.25, 0.3) is 0 Å². The molecule has 4 nitrogen and oxygen atoms in total. The lowest BCUT2D eigenvalue weighted by Crippen LogP contribution is -2.28. The maximum atomic E-state index is 5.44. The lowest BCUT2D eigenvalue weighted by atomic mass is 10.1. The molecule has 0 amide bonds. The van der Waals surface area contributed by atoms with E-state index in [0.717, 1.165) is 49.8 Å². The van der Waals surface area contributed by atoms with Crippen molar-refractivity contribution in [1.82, 2.24) is 10.2 Å². The molecule has 0 aliphatic carbocycles. The summed E-state index contributed by atoms with van der Waals surface area (Å²) in [5.41, 5.74) is 1.14. The first-order chi connectivity index (χ1) is 8.85. The topological polar surface area (TPSA) is 33.7 Å². The molecule has 1 aliphatic heterocycles. The summed E-state index contributed by atoms with van der Waals surface area (Å²) in [5.74, 6) is 1.82. The van der Waals surface area contributed by atoms with Gasteiger partial charge in [-0.1, -0.05) is 6.07 Å². The molecule has 0 bridgehead atoms. The molecule has 1 aromatic carbocycles. The van der Waals surface area contributed by atoms with Crippen LogP contribution in [0.15, 0.2) is 18.2 Å². The van der Waals surface area contributed by atoms with E-state index in [0.29, 0.717) is 0 Å². The highest BCUT2D eigenvalue weighted by Gasteiger charge is 2.15. The Kier molecular flexibility index (Phi) is 4.84. The van der Waals surface area contributed by atoms with Gasteiger partial charge in [0.2, 0.25) is 0 Å². The molecule has 100 valence electrons. The zero-order valence-electron chi connectivity index (χ0n) is 11.2. The van der Waals surface area contributed by atoms with Crippen molar-refractivity contribution in [3.63, 3.8) is 0 Å². The zero-order chi connectivity index (χ0) is 12.8. The highest BCUT2D eigenvalue weighted by Crippen LogP contribution is 2.29. The fraction of sp³-hybridized carbons (Fsp3) is 0.571. The number of hydrogen-bond donors (Lipinski definition) is 1. The molecular weight excluding hydrogens is 228 g/mol. The lowest BCUT2D eigenvalue weighted by Gasteiger charge is -2.22. The predicted octanol–water partition coefficient (Wildman–Crippen LogP) is 1.50. The minimum absolute atomic E-state index is 0.884. The average Bonchev–Trinajstić information content (AvgIpc) is 2.67. The summed E-state index contributed by atoms with van der Waals surface area (Å²) in [6, 6.07) is 5.95. The Morgan fingerprint density at radius 1 is 1.11 bits per heavy atom. The molecule has 1 heterocycles. The average molecular weight is 250 g/mol. The number of nitrogens with zero attached hydrogens (tertiary/aromatic N) is 1. The van der Waals surface area contributed by atoms with Gasteiger partial charge in [0.25, 0.3) is 0 Å². The maximum absolute atomic E-state index is 5.44. The summed E-state index contributed by atoms with van der Waals surface area (Å²) in [4.78, 5) is 2.44. The van der Waals surface area contributed by atoms with E-state index in [-0.39, 0.29) is 0 Å². The number of ether oxygens (including phenoxy) is 2. The van der Waals surface area contributed by atoms with Crippen molar-refractivity contribution < 1.29 is 9.47 Å². The van der Waals surface area contributed by atoms with Gasteiger partial charge in [0.15, 0.2) is 0 Å². The Labute approximate surface area is 109 Å². The van der Waals surface area contributed by atoms with Gasteiger partial charge in [0.1, 0.15) is 11.5 Å². The molecule has 1 aromatic rings. The fourth-order valence-electron chi connectivity index (χ4n) is 2.37. The molecule has 0 atom stereocenters. The van der Waals surface area contributed by atoms with Crippen LogP contribution in [-0.4, -0.2) is 45.3 Å². The van der Waals surface area contributed by atoms with Crippen LogP contribution in [0.4, 0.5) is 0 Å². The van der Waals surface area contributed by atoms with Gasteiger partial charge in [0.05, 0.1) is 19.8 Å². The smallest absolute Gasteiger partial charge is 0.127 e. The van der Waals surface area contributed by atoms with E-state index >= 15 is 0 Å². The molecule has 1 fully saturated rings. The van der Waals surface area contributed by atoms with Crippen LogP contribution >= 0.6 is 0 Å². The normalized spacial score (nSPS) is 17.2. The van der Waals surface area contributed by atoms with Crippen LogP contribution < -0.4 is 14.8 Å². The molecule has 0 saturated carbocycles.